The van der Waals surface area contributed by atoms with Gasteiger partial charge in [-0.15, -0.1) is 0 Å². The highest BCUT2D eigenvalue weighted by Gasteiger charge is 2.19. The molecular formula is C69H102O6. The van der Waals surface area contributed by atoms with Crippen LogP contribution in [0.4, 0.5) is 0 Å². The molecule has 6 heteroatoms. The minimum absolute atomic E-state index is 0.146. The summed E-state index contributed by atoms with van der Waals surface area (Å²) < 4.78 is 16.7. The van der Waals surface area contributed by atoms with E-state index in [0.717, 1.165) is 154 Å². The van der Waals surface area contributed by atoms with Gasteiger partial charge in [-0.25, -0.2) is 0 Å². The third-order valence-corrected chi connectivity index (χ3v) is 11.1. The van der Waals surface area contributed by atoms with Gasteiger partial charge in [0.25, 0.3) is 0 Å². The summed E-state index contributed by atoms with van der Waals surface area (Å²) in [7, 11) is 0. The number of hydrogen-bond donors (Lipinski definition) is 0. The van der Waals surface area contributed by atoms with Gasteiger partial charge in [-0.3, -0.25) is 14.4 Å². The highest BCUT2D eigenvalue weighted by atomic mass is 16.6. The first-order valence-corrected chi connectivity index (χ1v) is 28.9. The van der Waals surface area contributed by atoms with E-state index in [4.69, 9.17) is 14.2 Å². The zero-order valence-corrected chi connectivity index (χ0v) is 47.2. The molecule has 0 bridgehead atoms. The standard InChI is InChI=1S/C69H102O6/c1-4-7-10-13-16-19-22-25-27-29-31-32-33-34-35-36-38-39-41-44-47-50-53-56-59-62-68(71)74-65-66(64-73-67(70)61-58-55-52-49-46-43-24-21-18-15-12-9-6-3)75-69(72)63-60-57-54-51-48-45-42-40-37-30-28-26-23-20-17-14-11-8-5-2/h7-12,16-21,25-28,31-32,34-35,37-40,43-48,54,57,66H,4-6,13-15,22-24,29-30,33,36,41-42,49-53,55-56,58-65H2,1-3H3/b10-7-,11-8-,12-9-,19-16-,20-17-,21-18-,27-25-,28-26-,32-31-,35-34-,39-38-,40-37-,46-43-,47-44-,48-45-,57-54-. The number of allylic oxidation sites excluding steroid dienone is 32. The molecule has 0 saturated carbocycles. The van der Waals surface area contributed by atoms with Crippen LogP contribution in [0.2, 0.25) is 0 Å². The van der Waals surface area contributed by atoms with Gasteiger partial charge in [0.05, 0.1) is 0 Å². The summed E-state index contributed by atoms with van der Waals surface area (Å²) in [6.45, 7) is 6.15. The van der Waals surface area contributed by atoms with Gasteiger partial charge in [0, 0.05) is 19.3 Å². The Kier molecular flexibility index (Phi) is 56.1. The summed E-state index contributed by atoms with van der Waals surface area (Å²) in [5.74, 6) is -1.11. The van der Waals surface area contributed by atoms with E-state index in [1.54, 1.807) is 0 Å². The monoisotopic (exact) mass is 1030 g/mol. The van der Waals surface area contributed by atoms with Crippen molar-refractivity contribution in [3.05, 3.63) is 194 Å². The van der Waals surface area contributed by atoms with E-state index in [0.29, 0.717) is 12.8 Å². The van der Waals surface area contributed by atoms with Crippen molar-refractivity contribution in [3.8, 4) is 0 Å². The Morgan fingerprint density at radius 3 is 0.773 bits per heavy atom. The Balaban J connectivity index is 4.60. The van der Waals surface area contributed by atoms with Crippen LogP contribution < -0.4 is 0 Å². The molecule has 0 aliphatic heterocycles. The second-order valence-corrected chi connectivity index (χ2v) is 18.0. The van der Waals surface area contributed by atoms with Crippen molar-refractivity contribution in [3.63, 3.8) is 0 Å². The van der Waals surface area contributed by atoms with Gasteiger partial charge < -0.3 is 14.2 Å². The normalized spacial score (nSPS) is 13.6. The summed E-state index contributed by atoms with van der Waals surface area (Å²) in [6.07, 6.45) is 92.9. The SMILES string of the molecule is CC/C=C\C/C=C\C/C=C\C/C=C\C/C=C\C/C=C\C/C=C\CCCCCC(=O)OCC(COC(=O)CCCCC/C=C\C/C=C\C/C=C\CC)OC(=O)CC/C=C\C/C=C\C/C=C\C/C=C\C/C=C\C/C=C\CC. The Bertz CT molecular complexity index is 1850. The molecule has 0 fully saturated rings. The molecule has 0 saturated heterocycles. The van der Waals surface area contributed by atoms with Crippen molar-refractivity contribution in [1.29, 1.82) is 0 Å². The first-order valence-electron chi connectivity index (χ1n) is 28.9. The number of hydrogen-bond acceptors (Lipinski definition) is 6. The van der Waals surface area contributed by atoms with Crippen LogP contribution in [-0.2, 0) is 28.6 Å². The molecule has 0 amide bonds. The second kappa shape index (κ2) is 60.8. The number of rotatable bonds is 49. The van der Waals surface area contributed by atoms with E-state index in [2.05, 4.69) is 203 Å². The molecule has 0 aromatic heterocycles. The first-order chi connectivity index (χ1) is 37.0. The molecule has 0 heterocycles. The molecule has 414 valence electrons. The molecule has 75 heavy (non-hydrogen) atoms. The van der Waals surface area contributed by atoms with Crippen molar-refractivity contribution in [2.45, 2.75) is 207 Å². The predicted molar refractivity (Wildman–Crippen MR) is 324 cm³/mol. The maximum atomic E-state index is 12.8. The van der Waals surface area contributed by atoms with Crippen LogP contribution in [0.1, 0.15) is 201 Å². The molecular weight excluding hydrogens is 925 g/mol. The fourth-order valence-electron chi connectivity index (χ4n) is 6.87. The number of ether oxygens (including phenoxy) is 3. The van der Waals surface area contributed by atoms with Crippen molar-refractivity contribution in [2.75, 3.05) is 13.2 Å². The zero-order valence-electron chi connectivity index (χ0n) is 47.2. The van der Waals surface area contributed by atoms with Crippen molar-refractivity contribution in [2.24, 2.45) is 0 Å². The Labute approximate surface area is 458 Å². The average Bonchev–Trinajstić information content (AvgIpc) is 3.41. The second-order valence-electron chi connectivity index (χ2n) is 18.0. The summed E-state index contributed by atoms with van der Waals surface area (Å²) in [4.78, 5) is 38.1. The van der Waals surface area contributed by atoms with Gasteiger partial charge in [-0.1, -0.05) is 228 Å². The average molecular weight is 1030 g/mol. The molecule has 1 unspecified atom stereocenters. The Morgan fingerprint density at radius 1 is 0.267 bits per heavy atom. The fraction of sp³-hybridized carbons (Fsp3) is 0.493. The van der Waals surface area contributed by atoms with Gasteiger partial charge in [-0.2, -0.15) is 0 Å². The van der Waals surface area contributed by atoms with Crippen LogP contribution in [0.5, 0.6) is 0 Å². The Hall–Kier alpha value is -5.75. The number of unbranched alkanes of at least 4 members (excludes halogenated alkanes) is 6. The maximum Gasteiger partial charge on any atom is 0.306 e. The molecule has 0 spiro atoms. The van der Waals surface area contributed by atoms with Gasteiger partial charge in [0.2, 0.25) is 0 Å². The van der Waals surface area contributed by atoms with Gasteiger partial charge >= 0.3 is 17.9 Å². The smallest absolute Gasteiger partial charge is 0.306 e. The van der Waals surface area contributed by atoms with Crippen LogP contribution in [0.25, 0.3) is 0 Å². The first kappa shape index (κ1) is 69.2. The largest absolute Gasteiger partial charge is 0.462 e. The number of carbonyl (C=O) groups excluding carboxylic acids is 3. The Morgan fingerprint density at radius 2 is 0.507 bits per heavy atom. The van der Waals surface area contributed by atoms with Crippen molar-refractivity contribution >= 4 is 17.9 Å². The summed E-state index contributed by atoms with van der Waals surface area (Å²) in [5, 5.41) is 0. The van der Waals surface area contributed by atoms with Crippen LogP contribution in [0, 0.1) is 0 Å². The number of carbonyl (C=O) groups is 3. The highest BCUT2D eigenvalue weighted by Crippen LogP contribution is 2.10. The third-order valence-electron chi connectivity index (χ3n) is 11.1. The minimum Gasteiger partial charge on any atom is -0.462 e. The lowest BCUT2D eigenvalue weighted by molar-refractivity contribution is -0.166. The molecule has 0 radical (unpaired) electrons. The number of esters is 3. The summed E-state index contributed by atoms with van der Waals surface area (Å²) in [6, 6.07) is 0. The summed E-state index contributed by atoms with van der Waals surface area (Å²) in [5.41, 5.74) is 0. The van der Waals surface area contributed by atoms with E-state index in [9.17, 15) is 14.4 Å². The molecule has 1 atom stereocenters. The van der Waals surface area contributed by atoms with E-state index < -0.39 is 12.1 Å². The van der Waals surface area contributed by atoms with Crippen LogP contribution >= 0.6 is 0 Å². The van der Waals surface area contributed by atoms with Gasteiger partial charge in [0.15, 0.2) is 6.10 Å². The predicted octanol–water partition coefficient (Wildman–Crippen LogP) is 19.9. The molecule has 6 nitrogen and oxygen atoms in total. The minimum atomic E-state index is -0.858. The van der Waals surface area contributed by atoms with E-state index in [1.165, 1.54) is 0 Å². The van der Waals surface area contributed by atoms with E-state index in [1.807, 2.05) is 12.2 Å². The van der Waals surface area contributed by atoms with Crippen LogP contribution in [0.15, 0.2) is 194 Å². The van der Waals surface area contributed by atoms with Gasteiger partial charge in [0.1, 0.15) is 13.2 Å². The molecule has 0 aromatic carbocycles. The zero-order chi connectivity index (χ0) is 54.3. The fourth-order valence-corrected chi connectivity index (χ4v) is 6.87. The van der Waals surface area contributed by atoms with Crippen molar-refractivity contribution in [1.82, 2.24) is 0 Å². The topological polar surface area (TPSA) is 78.9 Å². The lowest BCUT2D eigenvalue weighted by Crippen LogP contribution is -2.30. The molecule has 0 aliphatic carbocycles. The molecule has 0 aliphatic rings. The summed E-state index contributed by atoms with van der Waals surface area (Å²) >= 11 is 0. The lowest BCUT2D eigenvalue weighted by atomic mass is 10.1. The van der Waals surface area contributed by atoms with E-state index >= 15 is 0 Å². The maximum absolute atomic E-state index is 12.8. The quantitative estimate of drug-likeness (QED) is 0.0261. The van der Waals surface area contributed by atoms with E-state index in [-0.39, 0.29) is 38.0 Å². The van der Waals surface area contributed by atoms with Gasteiger partial charge in [-0.05, 0) is 148 Å². The molecule has 0 aromatic rings. The lowest BCUT2D eigenvalue weighted by Gasteiger charge is -2.18. The van der Waals surface area contributed by atoms with Crippen molar-refractivity contribution < 1.29 is 28.6 Å². The third kappa shape index (κ3) is 59.0. The molecule has 0 N–H and O–H groups in total. The highest BCUT2D eigenvalue weighted by molar-refractivity contribution is 5.71. The van der Waals surface area contributed by atoms with Crippen LogP contribution in [-0.4, -0.2) is 37.2 Å². The van der Waals surface area contributed by atoms with Crippen LogP contribution in [0.3, 0.4) is 0 Å². The molecule has 0 rings (SSSR count).